The zero-order chi connectivity index (χ0) is 17.9. The molecule has 0 bridgehead atoms. The maximum absolute atomic E-state index is 12.3. The van der Waals surface area contributed by atoms with Gasteiger partial charge in [0.05, 0.1) is 36.1 Å². The smallest absolute Gasteiger partial charge is 0.229 e. The van der Waals surface area contributed by atoms with Gasteiger partial charge in [-0.15, -0.1) is 11.3 Å². The maximum atomic E-state index is 12.3. The molecular formula is C20H18N4OS. The molecule has 0 saturated carbocycles. The number of nitrogens with two attached hydrogens (primary N) is 1. The summed E-state index contributed by atoms with van der Waals surface area (Å²) in [4.78, 5) is 14.4. The van der Waals surface area contributed by atoms with Crippen LogP contribution in [0, 0.1) is 0 Å². The summed E-state index contributed by atoms with van der Waals surface area (Å²) >= 11 is 1.63. The quantitative estimate of drug-likeness (QED) is 0.529. The average Bonchev–Trinajstić information content (AvgIpc) is 3.25. The van der Waals surface area contributed by atoms with Gasteiger partial charge in [-0.2, -0.15) is 5.10 Å². The Balaban J connectivity index is 1.43. The fraction of sp³-hybridized carbons (Fsp3) is 0.100. The summed E-state index contributed by atoms with van der Waals surface area (Å²) in [6.07, 6.45) is 2.21. The molecule has 0 aliphatic heterocycles. The van der Waals surface area contributed by atoms with E-state index in [9.17, 15) is 4.79 Å². The van der Waals surface area contributed by atoms with Crippen LogP contribution in [0.25, 0.3) is 10.9 Å². The normalized spacial score (nSPS) is 10.9. The van der Waals surface area contributed by atoms with E-state index in [1.54, 1.807) is 23.5 Å². The van der Waals surface area contributed by atoms with E-state index in [4.69, 9.17) is 5.73 Å². The van der Waals surface area contributed by atoms with E-state index in [0.29, 0.717) is 24.3 Å². The van der Waals surface area contributed by atoms with Gasteiger partial charge in [-0.25, -0.2) is 0 Å². The highest BCUT2D eigenvalue weighted by atomic mass is 32.1. The molecule has 130 valence electrons. The molecule has 0 aliphatic carbocycles. The minimum absolute atomic E-state index is 0.0687. The Bertz CT molecular complexity index is 1070. The lowest BCUT2D eigenvalue weighted by Crippen LogP contribution is -2.14. The first-order valence-electron chi connectivity index (χ1n) is 8.31. The van der Waals surface area contributed by atoms with Gasteiger partial charge in [-0.3, -0.25) is 9.48 Å². The van der Waals surface area contributed by atoms with Crippen molar-refractivity contribution in [1.82, 2.24) is 9.78 Å². The first-order valence-corrected chi connectivity index (χ1v) is 9.13. The number of aromatic nitrogens is 2. The van der Waals surface area contributed by atoms with Gasteiger partial charge < -0.3 is 11.1 Å². The molecule has 0 spiro atoms. The summed E-state index contributed by atoms with van der Waals surface area (Å²) in [5, 5.41) is 8.45. The Morgan fingerprint density at radius 1 is 1.04 bits per heavy atom. The summed E-state index contributed by atoms with van der Waals surface area (Å²) < 4.78 is 1.98. The summed E-state index contributed by atoms with van der Waals surface area (Å²) in [6, 6.07) is 19.5. The van der Waals surface area contributed by atoms with Crippen LogP contribution in [0.3, 0.4) is 0 Å². The molecule has 0 aliphatic rings. The third-order valence-corrected chi connectivity index (χ3v) is 5.21. The summed E-state index contributed by atoms with van der Waals surface area (Å²) in [7, 11) is 0. The Morgan fingerprint density at radius 3 is 2.69 bits per heavy atom. The van der Waals surface area contributed by atoms with Gasteiger partial charge in [0.2, 0.25) is 5.91 Å². The van der Waals surface area contributed by atoms with Crippen LogP contribution >= 0.6 is 11.3 Å². The number of hydrogen-bond donors (Lipinski definition) is 2. The van der Waals surface area contributed by atoms with Crippen LogP contribution in [-0.2, 0) is 17.8 Å². The maximum Gasteiger partial charge on any atom is 0.229 e. The third kappa shape index (κ3) is 3.45. The molecule has 2 aromatic carbocycles. The fourth-order valence-electron chi connectivity index (χ4n) is 2.87. The average molecular weight is 362 g/mol. The summed E-state index contributed by atoms with van der Waals surface area (Å²) in [5.74, 6) is -0.0687. The van der Waals surface area contributed by atoms with Crippen molar-refractivity contribution in [2.75, 3.05) is 11.1 Å². The monoisotopic (exact) mass is 362 g/mol. The van der Waals surface area contributed by atoms with E-state index in [1.165, 1.54) is 4.88 Å². The molecule has 6 heteroatoms. The van der Waals surface area contributed by atoms with E-state index in [2.05, 4.69) is 28.6 Å². The Labute approximate surface area is 155 Å². The highest BCUT2D eigenvalue weighted by Crippen LogP contribution is 2.22. The van der Waals surface area contributed by atoms with Gasteiger partial charge in [0.1, 0.15) is 0 Å². The van der Waals surface area contributed by atoms with Gasteiger partial charge in [0.15, 0.2) is 0 Å². The van der Waals surface area contributed by atoms with Crippen LogP contribution in [0.2, 0.25) is 0 Å². The fourth-order valence-corrected chi connectivity index (χ4v) is 3.86. The SMILES string of the molecule is Nc1ccccc1NC(=O)Cc1ccc(Cn2ncc3ccccc32)s1. The van der Waals surface area contributed by atoms with E-state index >= 15 is 0 Å². The second kappa shape index (κ2) is 7.01. The Morgan fingerprint density at radius 2 is 1.81 bits per heavy atom. The van der Waals surface area contributed by atoms with E-state index in [0.717, 1.165) is 15.8 Å². The number of nitrogen functional groups attached to an aromatic ring is 1. The number of thiophene rings is 1. The number of para-hydroxylation sites is 3. The van der Waals surface area contributed by atoms with Crippen molar-refractivity contribution in [3.63, 3.8) is 0 Å². The topological polar surface area (TPSA) is 72.9 Å². The van der Waals surface area contributed by atoms with E-state index < -0.39 is 0 Å². The standard InChI is InChI=1S/C20H18N4OS/c21-17-6-2-3-7-18(17)23-20(25)11-15-9-10-16(26-15)13-24-19-8-4-1-5-14(19)12-22-24/h1-10,12H,11,13,21H2,(H,23,25). The highest BCUT2D eigenvalue weighted by molar-refractivity contribution is 7.12. The molecular weight excluding hydrogens is 344 g/mol. The van der Waals surface area contributed by atoms with Crippen molar-refractivity contribution in [3.8, 4) is 0 Å². The minimum Gasteiger partial charge on any atom is -0.397 e. The van der Waals surface area contributed by atoms with Crippen molar-refractivity contribution < 1.29 is 4.79 Å². The summed E-state index contributed by atoms with van der Waals surface area (Å²) in [6.45, 7) is 0.700. The molecule has 2 aromatic heterocycles. The molecule has 4 rings (SSSR count). The van der Waals surface area contributed by atoms with E-state index in [1.807, 2.05) is 41.2 Å². The predicted molar refractivity (Wildman–Crippen MR) is 106 cm³/mol. The Kier molecular flexibility index (Phi) is 4.41. The molecule has 0 radical (unpaired) electrons. The van der Waals surface area contributed by atoms with E-state index in [-0.39, 0.29) is 5.91 Å². The number of nitrogens with one attached hydrogen (secondary N) is 1. The molecule has 5 nitrogen and oxygen atoms in total. The third-order valence-electron chi connectivity index (χ3n) is 4.14. The zero-order valence-corrected chi connectivity index (χ0v) is 14.9. The van der Waals surface area contributed by atoms with Crippen LogP contribution in [0.1, 0.15) is 9.75 Å². The first-order chi connectivity index (χ1) is 12.7. The van der Waals surface area contributed by atoms with Crippen molar-refractivity contribution in [2.24, 2.45) is 0 Å². The molecule has 3 N–H and O–H groups in total. The molecule has 0 fully saturated rings. The number of rotatable bonds is 5. The number of nitrogens with zero attached hydrogens (tertiary/aromatic N) is 2. The zero-order valence-electron chi connectivity index (χ0n) is 14.1. The van der Waals surface area contributed by atoms with Crippen molar-refractivity contribution >= 4 is 39.5 Å². The molecule has 0 atom stereocenters. The van der Waals surface area contributed by atoms with Gasteiger partial charge in [-0.1, -0.05) is 30.3 Å². The van der Waals surface area contributed by atoms with Crippen LogP contribution in [0.4, 0.5) is 11.4 Å². The van der Waals surface area contributed by atoms with Crippen LogP contribution in [0.15, 0.2) is 66.9 Å². The summed E-state index contributed by atoms with van der Waals surface area (Å²) in [5.41, 5.74) is 8.19. The molecule has 4 aromatic rings. The molecule has 2 heterocycles. The lowest BCUT2D eigenvalue weighted by molar-refractivity contribution is -0.115. The molecule has 0 unspecified atom stereocenters. The van der Waals surface area contributed by atoms with Crippen LogP contribution in [0.5, 0.6) is 0 Å². The van der Waals surface area contributed by atoms with Crippen molar-refractivity contribution in [2.45, 2.75) is 13.0 Å². The van der Waals surface area contributed by atoms with Gasteiger partial charge in [-0.05, 0) is 30.3 Å². The molecule has 26 heavy (non-hydrogen) atoms. The highest BCUT2D eigenvalue weighted by Gasteiger charge is 2.10. The van der Waals surface area contributed by atoms with Crippen LogP contribution in [-0.4, -0.2) is 15.7 Å². The number of benzene rings is 2. The number of anilines is 2. The van der Waals surface area contributed by atoms with Crippen molar-refractivity contribution in [3.05, 3.63) is 76.6 Å². The number of amides is 1. The van der Waals surface area contributed by atoms with Crippen molar-refractivity contribution in [1.29, 1.82) is 0 Å². The van der Waals surface area contributed by atoms with Gasteiger partial charge in [0, 0.05) is 15.1 Å². The first kappa shape index (κ1) is 16.4. The number of hydrogen-bond acceptors (Lipinski definition) is 4. The molecule has 1 amide bonds. The number of carbonyl (C=O) groups excluding carboxylic acids is 1. The predicted octanol–water partition coefficient (Wildman–Crippen LogP) is 3.91. The Hall–Kier alpha value is -3.12. The second-order valence-electron chi connectivity index (χ2n) is 6.04. The number of carbonyl (C=O) groups is 1. The van der Waals surface area contributed by atoms with Gasteiger partial charge in [0.25, 0.3) is 0 Å². The van der Waals surface area contributed by atoms with Gasteiger partial charge >= 0.3 is 0 Å². The lowest BCUT2D eigenvalue weighted by Gasteiger charge is -2.06. The lowest BCUT2D eigenvalue weighted by atomic mass is 10.2. The largest absolute Gasteiger partial charge is 0.397 e. The minimum atomic E-state index is -0.0687. The second-order valence-corrected chi connectivity index (χ2v) is 7.29. The van der Waals surface area contributed by atoms with Crippen LogP contribution < -0.4 is 11.1 Å². The number of fused-ring (bicyclic) bond motifs is 1. The molecule has 0 saturated heterocycles.